The Hall–Kier alpha value is -0.610. The van der Waals surface area contributed by atoms with Crippen LogP contribution >= 0.6 is 24.4 Å². The van der Waals surface area contributed by atoms with Gasteiger partial charge >= 0.3 is 5.97 Å². The zero-order valence-corrected chi connectivity index (χ0v) is 10.3. The van der Waals surface area contributed by atoms with Gasteiger partial charge in [-0.15, -0.1) is 11.8 Å². The Morgan fingerprint density at radius 3 is 2.67 bits per heavy atom. The number of hydrogen-bond donors (Lipinski definition) is 1. The number of esters is 1. The van der Waals surface area contributed by atoms with E-state index in [1.165, 1.54) is 11.8 Å². The SMILES string of the molecule is CSC(CS)C(=O)OCc1ccccc1. The lowest BCUT2D eigenvalue weighted by Crippen LogP contribution is -2.21. The maximum atomic E-state index is 11.5. The Morgan fingerprint density at radius 1 is 1.47 bits per heavy atom. The van der Waals surface area contributed by atoms with Crippen molar-refractivity contribution in [2.75, 3.05) is 12.0 Å². The Kier molecular flexibility index (Phi) is 5.65. The van der Waals surface area contributed by atoms with E-state index in [2.05, 4.69) is 12.6 Å². The van der Waals surface area contributed by atoms with Crippen LogP contribution in [0.3, 0.4) is 0 Å². The first-order valence-electron chi connectivity index (χ1n) is 4.62. The van der Waals surface area contributed by atoms with Crippen molar-refractivity contribution in [1.82, 2.24) is 0 Å². The third-order valence-corrected chi connectivity index (χ3v) is 3.48. The molecule has 0 aliphatic rings. The molecule has 0 fully saturated rings. The number of benzene rings is 1. The molecule has 0 amide bonds. The van der Waals surface area contributed by atoms with Gasteiger partial charge in [-0.2, -0.15) is 12.6 Å². The van der Waals surface area contributed by atoms with E-state index >= 15 is 0 Å². The molecule has 0 aromatic heterocycles. The summed E-state index contributed by atoms with van der Waals surface area (Å²) in [5, 5.41) is -0.169. The van der Waals surface area contributed by atoms with Crippen molar-refractivity contribution >= 4 is 30.4 Å². The van der Waals surface area contributed by atoms with Crippen LogP contribution in [0, 0.1) is 0 Å². The maximum Gasteiger partial charge on any atom is 0.320 e. The molecule has 15 heavy (non-hydrogen) atoms. The number of carbonyl (C=O) groups is 1. The van der Waals surface area contributed by atoms with Crippen LogP contribution in [-0.2, 0) is 16.1 Å². The van der Waals surface area contributed by atoms with E-state index < -0.39 is 0 Å². The van der Waals surface area contributed by atoms with Crippen molar-refractivity contribution < 1.29 is 9.53 Å². The molecule has 1 aromatic carbocycles. The molecule has 0 saturated heterocycles. The van der Waals surface area contributed by atoms with Crippen LogP contribution in [0.4, 0.5) is 0 Å². The molecule has 1 unspecified atom stereocenters. The van der Waals surface area contributed by atoms with Crippen molar-refractivity contribution in [3.63, 3.8) is 0 Å². The van der Waals surface area contributed by atoms with Gasteiger partial charge in [0.2, 0.25) is 0 Å². The largest absolute Gasteiger partial charge is 0.460 e. The Labute approximate surface area is 99.8 Å². The first-order chi connectivity index (χ1) is 7.27. The normalized spacial score (nSPS) is 12.1. The summed E-state index contributed by atoms with van der Waals surface area (Å²) >= 11 is 5.56. The van der Waals surface area contributed by atoms with Crippen LogP contribution in [0.5, 0.6) is 0 Å². The second-order valence-electron chi connectivity index (χ2n) is 3.00. The molecule has 82 valence electrons. The molecule has 4 heteroatoms. The molecule has 0 radical (unpaired) electrons. The highest BCUT2D eigenvalue weighted by molar-refractivity contribution is 8.00. The van der Waals surface area contributed by atoms with Crippen LogP contribution in [0.25, 0.3) is 0 Å². The van der Waals surface area contributed by atoms with E-state index in [0.29, 0.717) is 12.4 Å². The fourth-order valence-corrected chi connectivity index (χ4v) is 2.07. The van der Waals surface area contributed by atoms with Crippen LogP contribution in [0.2, 0.25) is 0 Å². The summed E-state index contributed by atoms with van der Waals surface area (Å²) in [4.78, 5) is 11.5. The zero-order chi connectivity index (χ0) is 11.1. The van der Waals surface area contributed by atoms with E-state index in [1.807, 2.05) is 36.6 Å². The summed E-state index contributed by atoms with van der Waals surface area (Å²) in [5.74, 6) is 0.316. The average molecular weight is 242 g/mol. The van der Waals surface area contributed by atoms with Crippen LogP contribution in [0.1, 0.15) is 5.56 Å². The standard InChI is InChI=1S/C11H14O2S2/c1-15-10(8-14)11(12)13-7-9-5-3-2-4-6-9/h2-6,10,14H,7-8H2,1H3. The number of hydrogen-bond acceptors (Lipinski definition) is 4. The molecule has 0 heterocycles. The Morgan fingerprint density at radius 2 is 2.13 bits per heavy atom. The highest BCUT2D eigenvalue weighted by Crippen LogP contribution is 2.11. The van der Waals surface area contributed by atoms with Crippen molar-refractivity contribution in [3.8, 4) is 0 Å². The average Bonchev–Trinajstić information content (AvgIpc) is 2.29. The molecular formula is C11H14O2S2. The molecule has 0 spiro atoms. The lowest BCUT2D eigenvalue weighted by Gasteiger charge is -2.10. The monoisotopic (exact) mass is 242 g/mol. The first kappa shape index (κ1) is 12.5. The van der Waals surface area contributed by atoms with Crippen LogP contribution in [0.15, 0.2) is 30.3 Å². The van der Waals surface area contributed by atoms with E-state index in [1.54, 1.807) is 0 Å². The van der Waals surface area contributed by atoms with Gasteiger partial charge in [0, 0.05) is 5.75 Å². The Balaban J connectivity index is 2.40. The molecule has 2 nitrogen and oxygen atoms in total. The molecule has 0 N–H and O–H groups in total. The molecule has 1 atom stereocenters. The fourth-order valence-electron chi connectivity index (χ4n) is 1.07. The summed E-state index contributed by atoms with van der Waals surface area (Å²) in [6.07, 6.45) is 1.88. The molecule has 0 bridgehead atoms. The highest BCUT2D eigenvalue weighted by atomic mass is 32.2. The highest BCUT2D eigenvalue weighted by Gasteiger charge is 2.16. The summed E-state index contributed by atoms with van der Waals surface area (Å²) < 4.78 is 5.16. The van der Waals surface area contributed by atoms with E-state index in [4.69, 9.17) is 4.74 Å². The van der Waals surface area contributed by atoms with E-state index in [-0.39, 0.29) is 11.2 Å². The van der Waals surface area contributed by atoms with Gasteiger partial charge in [-0.05, 0) is 11.8 Å². The second kappa shape index (κ2) is 6.80. The van der Waals surface area contributed by atoms with Crippen molar-refractivity contribution in [3.05, 3.63) is 35.9 Å². The van der Waals surface area contributed by atoms with Gasteiger partial charge in [-0.25, -0.2) is 0 Å². The molecule has 0 saturated carbocycles. The summed E-state index contributed by atoms with van der Waals surface area (Å²) in [5.41, 5.74) is 1.00. The third kappa shape index (κ3) is 4.18. The van der Waals surface area contributed by atoms with Gasteiger partial charge in [-0.3, -0.25) is 4.79 Å². The minimum atomic E-state index is -0.193. The number of thiol groups is 1. The molecule has 1 rings (SSSR count). The van der Waals surface area contributed by atoms with Gasteiger partial charge in [0.1, 0.15) is 11.9 Å². The van der Waals surface area contributed by atoms with Crippen molar-refractivity contribution in [2.45, 2.75) is 11.9 Å². The van der Waals surface area contributed by atoms with Gasteiger partial charge in [0.15, 0.2) is 0 Å². The van der Waals surface area contributed by atoms with Gasteiger partial charge < -0.3 is 4.74 Å². The number of rotatable bonds is 5. The minimum Gasteiger partial charge on any atom is -0.460 e. The second-order valence-corrected chi connectivity index (χ2v) is 4.41. The van der Waals surface area contributed by atoms with Gasteiger partial charge in [0.25, 0.3) is 0 Å². The van der Waals surface area contributed by atoms with Gasteiger partial charge in [0.05, 0.1) is 0 Å². The number of carbonyl (C=O) groups excluding carboxylic acids is 1. The molecule has 0 aliphatic carbocycles. The number of ether oxygens (including phenoxy) is 1. The number of thioether (sulfide) groups is 1. The predicted octanol–water partition coefficient (Wildman–Crippen LogP) is 2.39. The van der Waals surface area contributed by atoms with Crippen molar-refractivity contribution in [1.29, 1.82) is 0 Å². The van der Waals surface area contributed by atoms with Crippen LogP contribution < -0.4 is 0 Å². The summed E-state index contributed by atoms with van der Waals surface area (Å²) in [6, 6.07) is 9.65. The zero-order valence-electron chi connectivity index (χ0n) is 8.55. The topological polar surface area (TPSA) is 26.3 Å². The predicted molar refractivity (Wildman–Crippen MR) is 67.4 cm³/mol. The third-order valence-electron chi connectivity index (χ3n) is 1.94. The summed E-state index contributed by atoms with van der Waals surface area (Å²) in [7, 11) is 0. The maximum absolute atomic E-state index is 11.5. The lowest BCUT2D eigenvalue weighted by molar-refractivity contribution is -0.143. The molecule has 1 aromatic rings. The van der Waals surface area contributed by atoms with E-state index in [0.717, 1.165) is 5.56 Å². The minimum absolute atomic E-state index is 0.169. The van der Waals surface area contributed by atoms with E-state index in [9.17, 15) is 4.79 Å². The lowest BCUT2D eigenvalue weighted by atomic mass is 10.2. The first-order valence-corrected chi connectivity index (χ1v) is 6.54. The van der Waals surface area contributed by atoms with Gasteiger partial charge in [-0.1, -0.05) is 30.3 Å². The molecular weight excluding hydrogens is 228 g/mol. The smallest absolute Gasteiger partial charge is 0.320 e. The quantitative estimate of drug-likeness (QED) is 0.634. The van der Waals surface area contributed by atoms with Crippen molar-refractivity contribution in [2.24, 2.45) is 0 Å². The van der Waals surface area contributed by atoms with Crippen LogP contribution in [-0.4, -0.2) is 23.2 Å². The fraction of sp³-hybridized carbons (Fsp3) is 0.364. The summed E-state index contributed by atoms with van der Waals surface area (Å²) in [6.45, 7) is 0.338. The molecule has 0 aliphatic heterocycles. The Bertz CT molecular complexity index is 297.